The Hall–Kier alpha value is -2.07. The average Bonchev–Trinajstić information content (AvgIpc) is 3.48. The third-order valence-electron chi connectivity index (χ3n) is 7.49. The summed E-state index contributed by atoms with van der Waals surface area (Å²) in [5.41, 5.74) is 0. The maximum absolute atomic E-state index is 6.30. The quantitative estimate of drug-likeness (QED) is 0.125. The van der Waals surface area contributed by atoms with Crippen LogP contribution >= 0.6 is 14.1 Å². The summed E-state index contributed by atoms with van der Waals surface area (Å²) in [6.45, 7) is 21.6. The van der Waals surface area contributed by atoms with Crippen LogP contribution in [0, 0.1) is 0 Å². The van der Waals surface area contributed by atoms with E-state index in [9.17, 15) is 0 Å². The summed E-state index contributed by atoms with van der Waals surface area (Å²) in [4.78, 5) is 0. The van der Waals surface area contributed by atoms with Crippen molar-refractivity contribution in [3.63, 3.8) is 0 Å². The molecule has 0 amide bonds. The molecular weight excluding hydrogens is 697 g/mol. The van der Waals surface area contributed by atoms with Gasteiger partial charge in [-0.15, -0.1) is 0 Å². The van der Waals surface area contributed by atoms with Crippen molar-refractivity contribution in [1.29, 1.82) is 0 Å². The number of hydrogen-bond donors (Lipinski definition) is 0. The van der Waals surface area contributed by atoms with Crippen molar-refractivity contribution in [3.8, 4) is 0 Å². The Morgan fingerprint density at radius 2 is 0.800 bits per heavy atom. The standard InChI is InChI=1S/C34H47GeN5P2Si3/c1-43(2,3)38-41(30-22-14-10-15-23-30,31-24-16-11-17-25-31)34(35-40(37-36-34)45(7,8)9)42(39-44(4,5)6,32-26-18-12-19-27-32)33-28-20-13-21-29-33/h10-29H,1-9H3. The van der Waals surface area contributed by atoms with Crippen LogP contribution < -0.4 is 21.2 Å². The molecular formula is C34H47GeN5P2Si3. The van der Waals surface area contributed by atoms with Gasteiger partial charge in [-0.3, -0.25) is 0 Å². The molecule has 0 unspecified atom stereocenters. The van der Waals surface area contributed by atoms with Gasteiger partial charge in [-0.05, 0) is 0 Å². The second kappa shape index (κ2) is 12.9. The summed E-state index contributed by atoms with van der Waals surface area (Å²) in [6.07, 6.45) is 0. The van der Waals surface area contributed by atoms with Gasteiger partial charge in [0.25, 0.3) is 0 Å². The molecule has 5 rings (SSSR count). The van der Waals surface area contributed by atoms with Crippen molar-refractivity contribution >= 4 is 75.7 Å². The van der Waals surface area contributed by atoms with Gasteiger partial charge in [0.1, 0.15) is 0 Å². The van der Waals surface area contributed by atoms with E-state index >= 15 is 0 Å². The van der Waals surface area contributed by atoms with Gasteiger partial charge in [-0.1, -0.05) is 0 Å². The molecule has 4 aromatic rings. The minimum absolute atomic E-state index is 0.619. The minimum atomic E-state index is -2.71. The Kier molecular flexibility index (Phi) is 9.79. The van der Waals surface area contributed by atoms with E-state index in [4.69, 9.17) is 19.2 Å². The Morgan fingerprint density at radius 1 is 0.511 bits per heavy atom. The summed E-state index contributed by atoms with van der Waals surface area (Å²) in [6, 6.07) is 44.8. The molecule has 45 heavy (non-hydrogen) atoms. The van der Waals surface area contributed by atoms with Crippen LogP contribution in [-0.4, -0.2) is 47.8 Å². The summed E-state index contributed by atoms with van der Waals surface area (Å²) in [7, 11) is -11.5. The van der Waals surface area contributed by atoms with E-state index in [1.807, 2.05) is 0 Å². The van der Waals surface area contributed by atoms with E-state index in [1.54, 1.807) is 0 Å². The van der Waals surface area contributed by atoms with E-state index in [-0.39, 0.29) is 0 Å². The summed E-state index contributed by atoms with van der Waals surface area (Å²) >= 11 is -1.05. The monoisotopic (exact) mass is 745 g/mol. The van der Waals surface area contributed by atoms with Gasteiger partial charge in [-0.25, -0.2) is 0 Å². The molecule has 0 bridgehead atoms. The first-order valence-electron chi connectivity index (χ1n) is 15.7. The fourth-order valence-corrected chi connectivity index (χ4v) is 38.5. The Labute approximate surface area is 281 Å². The molecule has 1 aliphatic rings. The van der Waals surface area contributed by atoms with E-state index in [0.717, 1.165) is 0 Å². The van der Waals surface area contributed by atoms with Crippen LogP contribution in [0.25, 0.3) is 0 Å². The first kappa shape index (κ1) is 34.3. The molecule has 11 heteroatoms. The van der Waals surface area contributed by atoms with E-state index in [0.29, 0.717) is 0 Å². The van der Waals surface area contributed by atoms with Gasteiger partial charge in [0, 0.05) is 0 Å². The van der Waals surface area contributed by atoms with Crippen molar-refractivity contribution in [3.05, 3.63) is 121 Å². The molecule has 0 atom stereocenters. The fraction of sp³-hybridized carbons (Fsp3) is 0.294. The number of benzene rings is 4. The van der Waals surface area contributed by atoms with Gasteiger partial charge in [0.05, 0.1) is 0 Å². The van der Waals surface area contributed by atoms with Gasteiger partial charge in [0.2, 0.25) is 0 Å². The molecule has 234 valence electrons. The summed E-state index contributed by atoms with van der Waals surface area (Å²) < 4.78 is 14.5. The predicted molar refractivity (Wildman–Crippen MR) is 208 cm³/mol. The molecule has 0 saturated carbocycles. The van der Waals surface area contributed by atoms with Crippen LogP contribution in [-0.2, 0) is 0 Å². The zero-order chi connectivity index (χ0) is 32.6. The molecule has 0 N–H and O–H groups in total. The molecule has 5 nitrogen and oxygen atoms in total. The van der Waals surface area contributed by atoms with Crippen LogP contribution in [0.1, 0.15) is 0 Å². The molecule has 0 aliphatic carbocycles. The van der Waals surface area contributed by atoms with E-state index < -0.39 is 58.3 Å². The molecule has 0 aromatic heterocycles. The van der Waals surface area contributed by atoms with Crippen LogP contribution in [0.2, 0.25) is 58.9 Å². The van der Waals surface area contributed by atoms with Gasteiger partial charge >= 0.3 is 283 Å². The van der Waals surface area contributed by atoms with Crippen molar-refractivity contribution in [2.24, 2.45) is 19.2 Å². The zero-order valence-corrected chi connectivity index (χ0v) is 35.1. The first-order valence-corrected chi connectivity index (χ1v) is 31.5. The normalized spacial score (nSPS) is 15.6. The van der Waals surface area contributed by atoms with Gasteiger partial charge in [-0.2, -0.15) is 0 Å². The fourth-order valence-electron chi connectivity index (χ4n) is 5.94. The van der Waals surface area contributed by atoms with Crippen molar-refractivity contribution < 1.29 is 0 Å². The molecule has 4 aromatic carbocycles. The first-order chi connectivity index (χ1) is 21.1. The Balaban J connectivity index is 2.17. The maximum atomic E-state index is 6.30. The van der Waals surface area contributed by atoms with Crippen LogP contribution in [0.15, 0.2) is 140 Å². The Bertz CT molecular complexity index is 1550. The number of nitrogens with zero attached hydrogens (tertiary/aromatic N) is 5. The number of rotatable bonds is 9. The molecule has 0 fully saturated rings. The van der Waals surface area contributed by atoms with Crippen molar-refractivity contribution in [2.45, 2.75) is 62.8 Å². The SMILES string of the molecule is C[Si](C)(C)N=P(c1ccccc1)(c1ccccc1)[C]1(P(=N[Si](C)(C)C)(c2ccccc2)c2ccccc2)N=N[N]([Si](C)(C)C)[Ge]1. The van der Waals surface area contributed by atoms with Gasteiger partial charge in [0.15, 0.2) is 0 Å². The third kappa shape index (κ3) is 6.56. The number of hydrogen-bond acceptors (Lipinski definition) is 5. The second-order valence-electron chi connectivity index (χ2n) is 14.6. The van der Waals surface area contributed by atoms with E-state index in [2.05, 4.69) is 184 Å². The predicted octanol–water partition coefficient (Wildman–Crippen LogP) is 9.11. The van der Waals surface area contributed by atoms with Crippen LogP contribution in [0.3, 0.4) is 0 Å². The van der Waals surface area contributed by atoms with Crippen molar-refractivity contribution in [1.82, 2.24) is 3.63 Å². The molecule has 0 spiro atoms. The molecule has 2 radical (unpaired) electrons. The zero-order valence-electron chi connectivity index (χ0n) is 28.2. The Morgan fingerprint density at radius 3 is 1.02 bits per heavy atom. The van der Waals surface area contributed by atoms with E-state index in [1.165, 1.54) is 21.2 Å². The summed E-state index contributed by atoms with van der Waals surface area (Å²) in [5.74, 6) is 0. The summed E-state index contributed by atoms with van der Waals surface area (Å²) in [5, 5.41) is 16.3. The van der Waals surface area contributed by atoms with Gasteiger partial charge < -0.3 is 0 Å². The third-order valence-corrected chi connectivity index (χ3v) is 35.3. The second-order valence-corrected chi connectivity index (χ2v) is 41.5. The van der Waals surface area contributed by atoms with Crippen LogP contribution in [0.4, 0.5) is 0 Å². The molecule has 1 heterocycles. The van der Waals surface area contributed by atoms with Crippen molar-refractivity contribution in [2.75, 3.05) is 0 Å². The topological polar surface area (TPSA) is 52.7 Å². The molecule has 0 saturated heterocycles. The average molecular weight is 745 g/mol. The van der Waals surface area contributed by atoms with Crippen LogP contribution in [0.5, 0.6) is 0 Å². The molecule has 1 aliphatic heterocycles.